The Bertz CT molecular complexity index is 2170. The van der Waals surface area contributed by atoms with Crippen molar-refractivity contribution in [2.75, 3.05) is 11.9 Å². The molecule has 7 rings (SSSR count). The average Bonchev–Trinajstić information content (AvgIpc) is 3.22. The van der Waals surface area contributed by atoms with Gasteiger partial charge in [0.05, 0.1) is 0 Å². The first-order chi connectivity index (χ1) is 27.5. The highest BCUT2D eigenvalue weighted by molar-refractivity contribution is 6.06. The van der Waals surface area contributed by atoms with Crippen LogP contribution in [-0.4, -0.2) is 7.05 Å². The highest BCUT2D eigenvalue weighted by Crippen LogP contribution is 2.41. The first-order valence-electron chi connectivity index (χ1n) is 22.2. The molecule has 0 amide bonds. The molecule has 0 aromatic heterocycles. The number of fused-ring (bicyclic) bond motifs is 2. The third-order valence-corrected chi connectivity index (χ3v) is 12.5. The smallest absolute Gasteiger partial charge is 0.0414 e. The molecule has 0 atom stereocenters. The van der Waals surface area contributed by atoms with Crippen molar-refractivity contribution in [3.63, 3.8) is 0 Å². The second-order valence-electron chi connectivity index (χ2n) is 16.7. The fourth-order valence-corrected chi connectivity index (χ4v) is 8.85. The van der Waals surface area contributed by atoms with Gasteiger partial charge in [-0.3, -0.25) is 0 Å². The Morgan fingerprint density at radius 2 is 1.09 bits per heavy atom. The van der Waals surface area contributed by atoms with Gasteiger partial charge in [0.15, 0.2) is 0 Å². The Morgan fingerprint density at radius 1 is 0.464 bits per heavy atom. The Balaban J connectivity index is 1.21. The molecule has 0 spiro atoms. The quantitative estimate of drug-likeness (QED) is 0.0705. The van der Waals surface area contributed by atoms with Gasteiger partial charge in [0.25, 0.3) is 0 Å². The van der Waals surface area contributed by atoms with E-state index in [2.05, 4.69) is 148 Å². The van der Waals surface area contributed by atoms with Crippen molar-refractivity contribution in [3.8, 4) is 33.4 Å². The highest BCUT2D eigenvalue weighted by atomic mass is 15.1. The van der Waals surface area contributed by atoms with Gasteiger partial charge in [-0.2, -0.15) is 0 Å². The van der Waals surface area contributed by atoms with Gasteiger partial charge in [0.1, 0.15) is 0 Å². The molecule has 56 heavy (non-hydrogen) atoms. The Kier molecular flexibility index (Phi) is 13.8. The maximum atomic E-state index is 2.56. The van der Waals surface area contributed by atoms with Crippen molar-refractivity contribution in [3.05, 3.63) is 143 Å². The van der Waals surface area contributed by atoms with Crippen molar-refractivity contribution in [2.24, 2.45) is 0 Å². The van der Waals surface area contributed by atoms with E-state index in [1.54, 1.807) is 0 Å². The van der Waals surface area contributed by atoms with Crippen molar-refractivity contribution in [2.45, 2.75) is 130 Å². The maximum Gasteiger partial charge on any atom is 0.0414 e. The van der Waals surface area contributed by atoms with Crippen LogP contribution >= 0.6 is 0 Å². The summed E-state index contributed by atoms with van der Waals surface area (Å²) in [6.07, 6.45) is 21.9. The number of benzene rings is 6. The zero-order valence-corrected chi connectivity index (χ0v) is 34.9. The van der Waals surface area contributed by atoms with E-state index in [1.807, 2.05) is 0 Å². The van der Waals surface area contributed by atoms with Crippen LogP contribution in [-0.2, 0) is 25.7 Å². The molecule has 1 aliphatic rings. The minimum absolute atomic E-state index is 1.10. The molecular weight excluding hydrogens is 675 g/mol. The van der Waals surface area contributed by atoms with Crippen LogP contribution in [0.1, 0.15) is 125 Å². The van der Waals surface area contributed by atoms with Gasteiger partial charge in [-0.1, -0.05) is 175 Å². The van der Waals surface area contributed by atoms with Crippen LogP contribution in [0.3, 0.4) is 0 Å². The van der Waals surface area contributed by atoms with Gasteiger partial charge in [0.2, 0.25) is 0 Å². The number of anilines is 2. The maximum absolute atomic E-state index is 2.56. The van der Waals surface area contributed by atoms with Crippen LogP contribution in [0.4, 0.5) is 11.4 Å². The van der Waals surface area contributed by atoms with Gasteiger partial charge >= 0.3 is 0 Å². The molecule has 0 N–H and O–H groups in total. The number of aryl methyl sites for hydroxylation is 5. The van der Waals surface area contributed by atoms with Gasteiger partial charge in [-0.15, -0.1) is 0 Å². The van der Waals surface area contributed by atoms with Crippen molar-refractivity contribution >= 4 is 22.1 Å². The summed E-state index contributed by atoms with van der Waals surface area (Å²) in [5, 5.41) is 2.78. The number of unbranched alkanes of at least 4 members (excludes halogenated alkanes) is 11. The van der Waals surface area contributed by atoms with E-state index in [1.165, 1.54) is 180 Å². The minimum atomic E-state index is 1.10. The summed E-state index contributed by atoms with van der Waals surface area (Å²) >= 11 is 0. The zero-order chi connectivity index (χ0) is 38.7. The van der Waals surface area contributed by atoms with Gasteiger partial charge in [-0.25, -0.2) is 0 Å². The first kappa shape index (κ1) is 39.6. The molecular formula is C55H65N. The Labute approximate surface area is 339 Å². The molecule has 6 aromatic carbocycles. The molecule has 0 radical (unpaired) electrons. The lowest BCUT2D eigenvalue weighted by Crippen LogP contribution is -2.09. The molecule has 0 saturated heterocycles. The molecule has 1 nitrogen and oxygen atoms in total. The zero-order valence-electron chi connectivity index (χ0n) is 34.9. The fourth-order valence-electron chi connectivity index (χ4n) is 8.85. The summed E-state index contributed by atoms with van der Waals surface area (Å²) in [6.45, 7) is 6.81. The van der Waals surface area contributed by atoms with E-state index >= 15 is 0 Å². The molecule has 0 unspecified atom stereocenters. The molecule has 0 heterocycles. The van der Waals surface area contributed by atoms with Crippen LogP contribution < -0.4 is 4.90 Å². The second-order valence-corrected chi connectivity index (χ2v) is 16.7. The molecule has 1 heteroatoms. The fraction of sp³-hybridized carbons (Fsp3) is 0.382. The van der Waals surface area contributed by atoms with Gasteiger partial charge in [-0.05, 0) is 142 Å². The van der Waals surface area contributed by atoms with Crippen LogP contribution in [0.25, 0.3) is 44.2 Å². The van der Waals surface area contributed by atoms with Crippen LogP contribution in [0.2, 0.25) is 0 Å². The predicted molar refractivity (Wildman–Crippen MR) is 246 cm³/mol. The molecule has 290 valence electrons. The number of hydrogen-bond acceptors (Lipinski definition) is 1. The van der Waals surface area contributed by atoms with Crippen LogP contribution in [0.15, 0.2) is 115 Å². The normalized spacial score (nSPS) is 12.1. The van der Waals surface area contributed by atoms with E-state index in [0.29, 0.717) is 0 Å². The Hall–Kier alpha value is -4.62. The number of rotatable bonds is 20. The van der Waals surface area contributed by atoms with Crippen LogP contribution in [0.5, 0.6) is 0 Å². The molecule has 6 aromatic rings. The van der Waals surface area contributed by atoms with Crippen molar-refractivity contribution in [1.29, 1.82) is 0 Å². The standard InChI is InChI=1S/C55H65N/c1-5-7-9-11-13-14-16-19-42-25-36-52-54(37-42)53(44-26-23-41(3)24-27-44)40-49(20-17-15-12-10-8-6-2)55(52)45-32-34-50(35-33-45)56(4)51-22-18-21-46(39-51)48-31-29-43-28-30-47(43)38-48/h18,21-27,29,31-40H,5-17,19-20,28,30H2,1-4H3. The van der Waals surface area contributed by atoms with E-state index in [4.69, 9.17) is 0 Å². The van der Waals surface area contributed by atoms with Crippen molar-refractivity contribution < 1.29 is 0 Å². The third kappa shape index (κ3) is 9.66. The lowest BCUT2D eigenvalue weighted by atomic mass is 9.85. The summed E-state index contributed by atoms with van der Waals surface area (Å²) in [5.41, 5.74) is 17.8. The highest BCUT2D eigenvalue weighted by Gasteiger charge is 2.18. The molecule has 0 saturated carbocycles. The number of nitrogens with zero attached hydrogens (tertiary/aromatic N) is 1. The monoisotopic (exact) mass is 740 g/mol. The molecule has 0 aliphatic heterocycles. The van der Waals surface area contributed by atoms with E-state index in [-0.39, 0.29) is 0 Å². The van der Waals surface area contributed by atoms with Gasteiger partial charge in [0, 0.05) is 18.4 Å². The summed E-state index contributed by atoms with van der Waals surface area (Å²) in [7, 11) is 2.20. The topological polar surface area (TPSA) is 3.24 Å². The minimum Gasteiger partial charge on any atom is -0.345 e. The van der Waals surface area contributed by atoms with Crippen molar-refractivity contribution in [1.82, 2.24) is 0 Å². The SMILES string of the molecule is CCCCCCCCCc1ccc2c(-c3ccc(N(C)c4cccc(-c5ccc6c(c5)CC6)c4)cc3)c(CCCCCCCC)cc(-c3ccc(C)cc3)c2c1. The second kappa shape index (κ2) is 19.5. The Morgan fingerprint density at radius 3 is 1.77 bits per heavy atom. The molecule has 0 bridgehead atoms. The largest absolute Gasteiger partial charge is 0.345 e. The molecule has 0 fully saturated rings. The lowest BCUT2D eigenvalue weighted by molar-refractivity contribution is 0.589. The summed E-state index contributed by atoms with van der Waals surface area (Å²) in [6, 6.07) is 44.7. The average molecular weight is 740 g/mol. The summed E-state index contributed by atoms with van der Waals surface area (Å²) in [4.78, 5) is 2.33. The lowest BCUT2D eigenvalue weighted by Gasteiger charge is -2.23. The third-order valence-electron chi connectivity index (χ3n) is 12.5. The summed E-state index contributed by atoms with van der Waals surface area (Å²) in [5.74, 6) is 0. The summed E-state index contributed by atoms with van der Waals surface area (Å²) < 4.78 is 0. The number of hydrogen-bond donors (Lipinski definition) is 0. The van der Waals surface area contributed by atoms with E-state index in [0.717, 1.165) is 12.8 Å². The van der Waals surface area contributed by atoms with Gasteiger partial charge < -0.3 is 4.90 Å². The first-order valence-corrected chi connectivity index (χ1v) is 22.2. The van der Waals surface area contributed by atoms with E-state index in [9.17, 15) is 0 Å². The molecule has 1 aliphatic carbocycles. The van der Waals surface area contributed by atoms with E-state index < -0.39 is 0 Å². The van der Waals surface area contributed by atoms with Crippen LogP contribution in [0, 0.1) is 6.92 Å². The predicted octanol–water partition coefficient (Wildman–Crippen LogP) is 16.2.